The fourth-order valence-corrected chi connectivity index (χ4v) is 7.18. The highest BCUT2D eigenvalue weighted by Crippen LogP contribution is 2.45. The Morgan fingerprint density at radius 3 is 2.02 bits per heavy atom. The number of fused-ring (bicyclic) bond motifs is 6. The molecule has 0 unspecified atom stereocenters. The minimum atomic E-state index is 0.579. The van der Waals surface area contributed by atoms with Crippen LogP contribution in [-0.2, 0) is 0 Å². The van der Waals surface area contributed by atoms with Gasteiger partial charge in [-0.1, -0.05) is 115 Å². The van der Waals surface area contributed by atoms with E-state index in [4.69, 9.17) is 13.8 Å². The molecule has 0 saturated carbocycles. The van der Waals surface area contributed by atoms with Crippen molar-refractivity contribution in [3.63, 3.8) is 0 Å². The molecular weight excluding hydrogens is 601 g/mol. The van der Waals surface area contributed by atoms with E-state index >= 15 is 0 Å². The van der Waals surface area contributed by atoms with Crippen molar-refractivity contribution < 1.29 is 8.83 Å². The Bertz CT molecular complexity index is 2810. The predicted octanol–water partition coefficient (Wildman–Crippen LogP) is 12.8. The average Bonchev–Trinajstić information content (AvgIpc) is 3.78. The van der Waals surface area contributed by atoms with Gasteiger partial charge in [0.2, 0.25) is 5.89 Å². The van der Waals surface area contributed by atoms with Crippen LogP contribution in [-0.4, -0.2) is 4.98 Å². The van der Waals surface area contributed by atoms with Gasteiger partial charge in [-0.3, -0.25) is 0 Å². The van der Waals surface area contributed by atoms with Crippen LogP contribution in [0.1, 0.15) is 0 Å². The van der Waals surface area contributed by atoms with Crippen LogP contribution in [0.4, 0.5) is 17.1 Å². The van der Waals surface area contributed by atoms with Gasteiger partial charge in [0.25, 0.3) is 0 Å². The van der Waals surface area contributed by atoms with Gasteiger partial charge in [-0.15, -0.1) is 0 Å². The Kier molecular flexibility index (Phi) is 6.15. The first kappa shape index (κ1) is 27.5. The summed E-state index contributed by atoms with van der Waals surface area (Å²) in [4.78, 5) is 7.13. The Hall–Kier alpha value is -6.65. The van der Waals surface area contributed by atoms with E-state index in [1.807, 2.05) is 36.4 Å². The van der Waals surface area contributed by atoms with E-state index in [1.54, 1.807) is 0 Å². The summed E-state index contributed by atoms with van der Waals surface area (Å²) in [5, 5.41) is 6.83. The van der Waals surface area contributed by atoms with Gasteiger partial charge in [0.15, 0.2) is 11.2 Å². The molecule has 230 valence electrons. The summed E-state index contributed by atoms with van der Waals surface area (Å²) < 4.78 is 13.0. The first-order chi connectivity index (χ1) is 24.3. The van der Waals surface area contributed by atoms with E-state index in [-0.39, 0.29) is 0 Å². The zero-order valence-electron chi connectivity index (χ0n) is 26.4. The van der Waals surface area contributed by atoms with Crippen molar-refractivity contribution in [3.05, 3.63) is 170 Å². The smallest absolute Gasteiger partial charge is 0.228 e. The lowest BCUT2D eigenvalue weighted by Crippen LogP contribution is -2.10. The van der Waals surface area contributed by atoms with E-state index < -0.39 is 0 Å². The third kappa shape index (κ3) is 4.49. The lowest BCUT2D eigenvalue weighted by atomic mass is 9.98. The van der Waals surface area contributed by atoms with Gasteiger partial charge in [-0.2, -0.15) is 0 Å². The van der Waals surface area contributed by atoms with Crippen molar-refractivity contribution in [2.75, 3.05) is 4.90 Å². The third-order valence-corrected chi connectivity index (χ3v) is 9.48. The van der Waals surface area contributed by atoms with Crippen molar-refractivity contribution in [3.8, 4) is 22.6 Å². The highest BCUT2D eigenvalue weighted by molar-refractivity contribution is 6.15. The molecule has 10 aromatic rings. The van der Waals surface area contributed by atoms with Crippen LogP contribution in [0, 0.1) is 0 Å². The summed E-state index contributed by atoms with van der Waals surface area (Å²) in [6.45, 7) is 0. The number of nitrogens with zero attached hydrogens (tertiary/aromatic N) is 2. The summed E-state index contributed by atoms with van der Waals surface area (Å²) in [5.74, 6) is 0.579. The molecule has 2 aromatic heterocycles. The molecule has 0 fully saturated rings. The van der Waals surface area contributed by atoms with E-state index in [1.165, 1.54) is 32.7 Å². The largest absolute Gasteiger partial charge is 0.454 e. The molecule has 0 bridgehead atoms. The fourth-order valence-electron chi connectivity index (χ4n) is 7.18. The molecule has 4 nitrogen and oxygen atoms in total. The zero-order chi connectivity index (χ0) is 32.3. The van der Waals surface area contributed by atoms with Crippen molar-refractivity contribution in [2.24, 2.45) is 0 Å². The quantitative estimate of drug-likeness (QED) is 0.190. The van der Waals surface area contributed by atoms with Gasteiger partial charge < -0.3 is 13.7 Å². The molecule has 8 aromatic carbocycles. The van der Waals surface area contributed by atoms with E-state index in [9.17, 15) is 0 Å². The molecular formula is C45H28N2O2. The highest BCUT2D eigenvalue weighted by atomic mass is 16.3. The maximum absolute atomic E-state index is 6.76. The number of hydrogen-bond donors (Lipinski definition) is 0. The summed E-state index contributed by atoms with van der Waals surface area (Å²) in [5.41, 5.74) is 9.49. The first-order valence-electron chi connectivity index (χ1n) is 16.5. The molecule has 0 saturated heterocycles. The molecule has 2 heterocycles. The number of aromatic nitrogens is 1. The second kappa shape index (κ2) is 11.0. The molecule has 0 N–H and O–H groups in total. The lowest BCUT2D eigenvalue weighted by molar-refractivity contribution is 0.620. The van der Waals surface area contributed by atoms with E-state index in [0.717, 1.165) is 55.7 Å². The van der Waals surface area contributed by atoms with Crippen LogP contribution in [0.3, 0.4) is 0 Å². The number of benzene rings is 8. The Labute approximate surface area is 282 Å². The van der Waals surface area contributed by atoms with Gasteiger partial charge >= 0.3 is 0 Å². The summed E-state index contributed by atoms with van der Waals surface area (Å²) in [7, 11) is 0. The fraction of sp³-hybridized carbons (Fsp3) is 0. The topological polar surface area (TPSA) is 42.4 Å². The lowest BCUT2D eigenvalue weighted by Gasteiger charge is -2.26. The molecule has 10 rings (SSSR count). The van der Waals surface area contributed by atoms with Crippen LogP contribution in [0.5, 0.6) is 0 Å². The predicted molar refractivity (Wildman–Crippen MR) is 202 cm³/mol. The van der Waals surface area contributed by atoms with Gasteiger partial charge in [0, 0.05) is 27.7 Å². The van der Waals surface area contributed by atoms with Crippen LogP contribution < -0.4 is 4.90 Å². The molecule has 0 atom stereocenters. The molecule has 0 radical (unpaired) electrons. The Morgan fingerprint density at radius 2 is 1.12 bits per heavy atom. The SMILES string of the molecule is c1ccc2cc(N(c3ccc(-c4cccc5ccccc45)cc3)c3cccc4c3oc3cccc(-c5nc6ccccc6o5)c34)ccc2c1. The van der Waals surface area contributed by atoms with E-state index in [2.05, 4.69) is 138 Å². The molecule has 0 aliphatic rings. The highest BCUT2D eigenvalue weighted by Gasteiger charge is 2.22. The van der Waals surface area contributed by atoms with Crippen LogP contribution in [0.15, 0.2) is 179 Å². The van der Waals surface area contributed by atoms with Crippen molar-refractivity contribution in [1.82, 2.24) is 4.98 Å². The van der Waals surface area contributed by atoms with Crippen molar-refractivity contribution in [1.29, 1.82) is 0 Å². The van der Waals surface area contributed by atoms with Crippen molar-refractivity contribution >= 4 is 71.6 Å². The number of hydrogen-bond acceptors (Lipinski definition) is 4. The van der Waals surface area contributed by atoms with Gasteiger partial charge in [-0.05, 0) is 87.3 Å². The minimum Gasteiger partial charge on any atom is -0.454 e. The minimum absolute atomic E-state index is 0.579. The average molecular weight is 629 g/mol. The van der Waals surface area contributed by atoms with Gasteiger partial charge in [0.1, 0.15) is 11.1 Å². The Balaban J connectivity index is 1.17. The molecule has 0 aliphatic carbocycles. The molecule has 0 aliphatic heterocycles. The molecule has 0 amide bonds. The zero-order valence-corrected chi connectivity index (χ0v) is 26.4. The Morgan fingerprint density at radius 1 is 0.449 bits per heavy atom. The molecule has 4 heteroatoms. The normalized spacial score (nSPS) is 11.7. The molecule has 0 spiro atoms. The standard InChI is InChI=1S/C45H28N2O2/c1-2-12-32-28-34(27-22-29(32)10-1)47(33-25-23-31(24-26-33)36-15-7-13-30-11-3-4-14-35(30)36)40-19-8-16-37-43-38(17-9-21-42(43)48-44(37)40)45-46-39-18-5-6-20-41(39)49-45/h1-28H. The van der Waals surface area contributed by atoms with Crippen LogP contribution in [0.2, 0.25) is 0 Å². The second-order valence-corrected chi connectivity index (χ2v) is 12.4. The monoisotopic (exact) mass is 628 g/mol. The van der Waals surface area contributed by atoms with Crippen LogP contribution >= 0.6 is 0 Å². The summed E-state index contributed by atoms with van der Waals surface area (Å²) in [6.07, 6.45) is 0. The van der Waals surface area contributed by atoms with Gasteiger partial charge in [0.05, 0.1) is 5.69 Å². The number of anilines is 3. The molecule has 49 heavy (non-hydrogen) atoms. The summed E-state index contributed by atoms with van der Waals surface area (Å²) >= 11 is 0. The number of oxazole rings is 1. The number of furan rings is 1. The van der Waals surface area contributed by atoms with Gasteiger partial charge in [-0.25, -0.2) is 4.98 Å². The number of para-hydroxylation sites is 3. The second-order valence-electron chi connectivity index (χ2n) is 12.4. The van der Waals surface area contributed by atoms with Crippen molar-refractivity contribution in [2.45, 2.75) is 0 Å². The maximum atomic E-state index is 6.76. The van der Waals surface area contributed by atoms with E-state index in [0.29, 0.717) is 5.89 Å². The maximum Gasteiger partial charge on any atom is 0.228 e. The number of rotatable bonds is 5. The first-order valence-corrected chi connectivity index (χ1v) is 16.5. The third-order valence-electron chi connectivity index (χ3n) is 9.48. The summed E-state index contributed by atoms with van der Waals surface area (Å²) in [6, 6.07) is 59.3. The van der Waals surface area contributed by atoms with Crippen LogP contribution in [0.25, 0.3) is 77.2 Å².